The van der Waals surface area contributed by atoms with Crippen molar-refractivity contribution < 1.29 is 4.79 Å². The smallest absolute Gasteiger partial charge is 0.266 e. The van der Waals surface area contributed by atoms with E-state index in [-0.39, 0.29) is 5.91 Å². The van der Waals surface area contributed by atoms with E-state index in [0.29, 0.717) is 10.9 Å². The molecule has 1 fully saturated rings. The van der Waals surface area contributed by atoms with Gasteiger partial charge in [0.1, 0.15) is 4.32 Å². The first-order chi connectivity index (χ1) is 7.72. The van der Waals surface area contributed by atoms with Crippen molar-refractivity contribution >= 4 is 34.2 Å². The molecule has 0 unspecified atom stereocenters. The molecule has 2 rings (SSSR count). The fourth-order valence-electron chi connectivity index (χ4n) is 1.49. The molecule has 2 nitrogen and oxygen atoms in total. The van der Waals surface area contributed by atoms with Gasteiger partial charge in [0.05, 0.1) is 11.4 Å². The largest absolute Gasteiger partial charge is 0.288 e. The van der Waals surface area contributed by atoms with Gasteiger partial charge in [-0.05, 0) is 12.5 Å². The molecule has 82 valence electrons. The van der Waals surface area contributed by atoms with Crippen molar-refractivity contribution in [3.63, 3.8) is 0 Å². The summed E-state index contributed by atoms with van der Waals surface area (Å²) in [6.45, 7) is 2.41. The maximum absolute atomic E-state index is 11.9. The van der Waals surface area contributed by atoms with Crippen LogP contribution in [0.25, 0.3) is 0 Å². The van der Waals surface area contributed by atoms with Gasteiger partial charge in [0.2, 0.25) is 0 Å². The van der Waals surface area contributed by atoms with Gasteiger partial charge in [-0.25, -0.2) is 0 Å². The lowest BCUT2D eigenvalue weighted by Crippen LogP contribution is -2.27. The first-order valence-electron chi connectivity index (χ1n) is 4.96. The van der Waals surface area contributed by atoms with Gasteiger partial charge in [0, 0.05) is 0 Å². The first kappa shape index (κ1) is 11.4. The second-order valence-electron chi connectivity index (χ2n) is 3.40. The molecule has 1 heterocycles. The van der Waals surface area contributed by atoms with Crippen molar-refractivity contribution in [2.75, 3.05) is 0 Å². The van der Waals surface area contributed by atoms with Crippen molar-refractivity contribution in [3.05, 3.63) is 46.9 Å². The Bertz CT molecular complexity index is 453. The van der Waals surface area contributed by atoms with Crippen molar-refractivity contribution in [3.8, 4) is 0 Å². The minimum atomic E-state index is 0.0151. The Morgan fingerprint density at radius 2 is 2.06 bits per heavy atom. The third-order valence-corrected chi connectivity index (χ3v) is 3.81. The fourth-order valence-corrected chi connectivity index (χ4v) is 2.67. The molecule has 0 saturated carbocycles. The number of benzene rings is 1. The van der Waals surface area contributed by atoms with Crippen LogP contribution in [0.1, 0.15) is 12.5 Å². The van der Waals surface area contributed by atoms with Crippen LogP contribution < -0.4 is 0 Å². The number of thioether (sulfide) groups is 1. The number of thiocarbonyl (C=S) groups is 1. The predicted molar refractivity (Wildman–Crippen MR) is 70.9 cm³/mol. The van der Waals surface area contributed by atoms with E-state index in [1.54, 1.807) is 4.90 Å². The van der Waals surface area contributed by atoms with Gasteiger partial charge in [-0.2, -0.15) is 0 Å². The van der Waals surface area contributed by atoms with Crippen molar-refractivity contribution in [2.24, 2.45) is 0 Å². The molecule has 1 saturated heterocycles. The predicted octanol–water partition coefficient (Wildman–Crippen LogP) is 2.95. The van der Waals surface area contributed by atoms with Gasteiger partial charge in [0.15, 0.2) is 0 Å². The average molecular weight is 249 g/mol. The summed E-state index contributed by atoms with van der Waals surface area (Å²) in [4.78, 5) is 14.3. The Hall–Kier alpha value is -1.13. The van der Waals surface area contributed by atoms with Crippen molar-refractivity contribution in [1.82, 2.24) is 4.90 Å². The molecule has 0 spiro atoms. The van der Waals surface area contributed by atoms with Gasteiger partial charge in [0.25, 0.3) is 5.91 Å². The molecule has 0 bridgehead atoms. The molecule has 1 aromatic carbocycles. The molecule has 0 aromatic heterocycles. The second-order valence-corrected chi connectivity index (χ2v) is 5.07. The lowest BCUT2D eigenvalue weighted by atomic mass is 10.2. The fraction of sp³-hybridized carbons (Fsp3) is 0.167. The van der Waals surface area contributed by atoms with Gasteiger partial charge in [-0.3, -0.25) is 9.69 Å². The number of carbonyl (C=O) groups excluding carboxylic acids is 1. The Kier molecular flexibility index (Phi) is 3.41. The molecule has 0 N–H and O–H groups in total. The standard InChI is InChI=1S/C12H11NOS2/c1-2-10-11(14)13(12(15)16-10)8-9-6-4-3-5-7-9/h2-7H,8H2,1H3/b10-2+. The summed E-state index contributed by atoms with van der Waals surface area (Å²) in [6, 6.07) is 9.87. The molecule has 1 amide bonds. The lowest BCUT2D eigenvalue weighted by Gasteiger charge is -2.14. The van der Waals surface area contributed by atoms with Crippen LogP contribution in [-0.4, -0.2) is 15.1 Å². The molecule has 1 aliphatic rings. The number of hydrogen-bond donors (Lipinski definition) is 0. The van der Waals surface area contributed by atoms with Gasteiger partial charge >= 0.3 is 0 Å². The quantitative estimate of drug-likeness (QED) is 0.594. The minimum Gasteiger partial charge on any atom is -0.288 e. The number of allylic oxidation sites excluding steroid dienone is 1. The van der Waals surface area contributed by atoms with E-state index in [1.165, 1.54) is 11.8 Å². The van der Waals surface area contributed by atoms with E-state index in [0.717, 1.165) is 10.5 Å². The van der Waals surface area contributed by atoms with E-state index in [9.17, 15) is 4.79 Å². The Labute approximate surface area is 104 Å². The molecular weight excluding hydrogens is 238 g/mol. The maximum Gasteiger partial charge on any atom is 0.266 e. The molecule has 16 heavy (non-hydrogen) atoms. The van der Waals surface area contributed by atoms with Crippen LogP contribution in [0.15, 0.2) is 41.3 Å². The van der Waals surface area contributed by atoms with E-state index in [2.05, 4.69) is 0 Å². The monoisotopic (exact) mass is 249 g/mol. The second kappa shape index (κ2) is 4.80. The molecule has 0 atom stereocenters. The van der Waals surface area contributed by atoms with Gasteiger partial charge in [-0.1, -0.05) is 60.4 Å². The van der Waals surface area contributed by atoms with Crippen LogP contribution >= 0.6 is 24.0 Å². The van der Waals surface area contributed by atoms with E-state index in [1.807, 2.05) is 43.3 Å². The summed E-state index contributed by atoms with van der Waals surface area (Å²) >= 11 is 6.56. The van der Waals surface area contributed by atoms with Crippen LogP contribution in [0.2, 0.25) is 0 Å². The SMILES string of the molecule is C/C=C1/SC(=S)N(Cc2ccccc2)C1=O. The Morgan fingerprint density at radius 1 is 1.38 bits per heavy atom. The third kappa shape index (κ3) is 2.18. The highest BCUT2D eigenvalue weighted by atomic mass is 32.2. The normalized spacial score (nSPS) is 18.6. The summed E-state index contributed by atoms with van der Waals surface area (Å²) in [5.41, 5.74) is 1.09. The zero-order valence-electron chi connectivity index (χ0n) is 8.84. The highest BCUT2D eigenvalue weighted by molar-refractivity contribution is 8.26. The zero-order valence-corrected chi connectivity index (χ0v) is 10.5. The Morgan fingerprint density at radius 3 is 2.62 bits per heavy atom. The van der Waals surface area contributed by atoms with E-state index >= 15 is 0 Å². The summed E-state index contributed by atoms with van der Waals surface area (Å²) in [5, 5.41) is 0. The summed E-state index contributed by atoms with van der Waals surface area (Å²) in [7, 11) is 0. The first-order valence-corrected chi connectivity index (χ1v) is 6.18. The molecule has 0 aliphatic carbocycles. The minimum absolute atomic E-state index is 0.0151. The van der Waals surface area contributed by atoms with Crippen LogP contribution in [0.5, 0.6) is 0 Å². The molecular formula is C12H11NOS2. The number of amides is 1. The molecule has 1 aliphatic heterocycles. The lowest BCUT2D eigenvalue weighted by molar-refractivity contribution is -0.122. The number of nitrogens with zero attached hydrogens (tertiary/aromatic N) is 1. The summed E-state index contributed by atoms with van der Waals surface area (Å²) in [5.74, 6) is 0.0151. The van der Waals surface area contributed by atoms with Gasteiger partial charge < -0.3 is 0 Å². The van der Waals surface area contributed by atoms with Crippen LogP contribution in [0.3, 0.4) is 0 Å². The third-order valence-electron chi connectivity index (χ3n) is 2.32. The van der Waals surface area contributed by atoms with Crippen molar-refractivity contribution in [2.45, 2.75) is 13.5 Å². The highest BCUT2D eigenvalue weighted by Gasteiger charge is 2.31. The van der Waals surface area contributed by atoms with E-state index in [4.69, 9.17) is 12.2 Å². The van der Waals surface area contributed by atoms with Crippen molar-refractivity contribution in [1.29, 1.82) is 0 Å². The van der Waals surface area contributed by atoms with Crippen LogP contribution in [-0.2, 0) is 11.3 Å². The topological polar surface area (TPSA) is 20.3 Å². The van der Waals surface area contributed by atoms with E-state index < -0.39 is 0 Å². The highest BCUT2D eigenvalue weighted by Crippen LogP contribution is 2.31. The summed E-state index contributed by atoms with van der Waals surface area (Å²) < 4.78 is 0.641. The Balaban J connectivity index is 2.17. The molecule has 0 radical (unpaired) electrons. The van der Waals surface area contributed by atoms with Crippen LogP contribution in [0.4, 0.5) is 0 Å². The summed E-state index contributed by atoms with van der Waals surface area (Å²) in [6.07, 6.45) is 1.81. The van der Waals surface area contributed by atoms with Crippen LogP contribution in [0, 0.1) is 0 Å². The molecule has 4 heteroatoms. The average Bonchev–Trinajstić information content (AvgIpc) is 2.58. The zero-order chi connectivity index (χ0) is 11.5. The molecule has 1 aromatic rings. The number of rotatable bonds is 2. The van der Waals surface area contributed by atoms with Gasteiger partial charge in [-0.15, -0.1) is 0 Å². The number of hydrogen-bond acceptors (Lipinski definition) is 3. The maximum atomic E-state index is 11.9. The number of carbonyl (C=O) groups is 1.